The minimum atomic E-state index is -5.13. The van der Waals surface area contributed by atoms with Gasteiger partial charge in [0.1, 0.15) is 12.1 Å². The molecule has 0 radical (unpaired) electrons. The van der Waals surface area contributed by atoms with Crippen LogP contribution in [0.1, 0.15) is 67.8 Å². The van der Waals surface area contributed by atoms with Crippen molar-refractivity contribution < 1.29 is 55.1 Å². The summed E-state index contributed by atoms with van der Waals surface area (Å²) in [5, 5.41) is 11.4. The lowest BCUT2D eigenvalue weighted by atomic mass is 9.97. The lowest BCUT2D eigenvalue weighted by Crippen LogP contribution is -2.56. The molecule has 2 aliphatic rings. The lowest BCUT2D eigenvalue weighted by molar-refractivity contribution is -0.186. The quantitative estimate of drug-likeness (QED) is 0.0697. The van der Waals surface area contributed by atoms with Gasteiger partial charge in [-0.3, -0.25) is 28.8 Å². The summed E-state index contributed by atoms with van der Waals surface area (Å²) in [4.78, 5) is 85.4. The number of likely N-dealkylation sites (tertiary alicyclic amines) is 2. The predicted molar refractivity (Wildman–Crippen MR) is 270 cm³/mol. The van der Waals surface area contributed by atoms with Crippen LogP contribution in [0.3, 0.4) is 0 Å². The minimum Gasteiger partial charge on any atom is -0.343 e. The Morgan fingerprint density at radius 3 is 1.40 bits per heavy atom. The number of amides is 6. The molecule has 75 heavy (non-hydrogen) atoms. The zero-order valence-electron chi connectivity index (χ0n) is 42.6. The SMILES string of the molecule is CN[C@@H](C)C(=O)NC(C(=O)N1CCC[C@H]1CN(CCc1ccccc1)C(=O)C(F)(F)F)c1ccc(-c2ccc(C[C@H](NC(=O)[C@H](C)NC)C(=O)N3CCC[C@H]3CN(CCc3ccccc3)C(=O)C(F)(F)F)cc2)cc1. The highest BCUT2D eigenvalue weighted by atomic mass is 19.4. The van der Waals surface area contributed by atoms with Crippen molar-refractivity contribution in [1.82, 2.24) is 40.9 Å². The zero-order chi connectivity index (χ0) is 54.5. The van der Waals surface area contributed by atoms with Crippen LogP contribution < -0.4 is 21.3 Å². The molecule has 404 valence electrons. The maximum atomic E-state index is 14.5. The van der Waals surface area contributed by atoms with Crippen molar-refractivity contribution >= 4 is 35.4 Å². The van der Waals surface area contributed by atoms with E-state index in [4.69, 9.17) is 0 Å². The van der Waals surface area contributed by atoms with E-state index < -0.39 is 84.0 Å². The van der Waals surface area contributed by atoms with E-state index in [-0.39, 0.29) is 58.5 Å². The topological polar surface area (TPSA) is 164 Å². The van der Waals surface area contributed by atoms with E-state index in [9.17, 15) is 55.1 Å². The third-order valence-electron chi connectivity index (χ3n) is 14.0. The highest BCUT2D eigenvalue weighted by molar-refractivity contribution is 5.92. The first-order valence-corrected chi connectivity index (χ1v) is 25.2. The third-order valence-corrected chi connectivity index (χ3v) is 14.0. The second kappa shape index (κ2) is 26.1. The van der Waals surface area contributed by atoms with E-state index in [1.54, 1.807) is 137 Å². The second-order valence-corrected chi connectivity index (χ2v) is 19.2. The molecule has 4 aromatic rings. The molecular formula is C55H66F6N8O6. The molecule has 20 heteroatoms. The van der Waals surface area contributed by atoms with Gasteiger partial charge < -0.3 is 40.9 Å². The molecule has 6 amide bonds. The van der Waals surface area contributed by atoms with Gasteiger partial charge in [-0.05, 0) is 99.8 Å². The molecule has 4 N–H and O–H groups in total. The average Bonchev–Trinajstić information content (AvgIpc) is 4.08. The van der Waals surface area contributed by atoms with Gasteiger partial charge in [0.25, 0.3) is 0 Å². The van der Waals surface area contributed by atoms with E-state index in [1.807, 2.05) is 0 Å². The lowest BCUT2D eigenvalue weighted by Gasteiger charge is -2.34. The van der Waals surface area contributed by atoms with Crippen LogP contribution in [0.15, 0.2) is 109 Å². The highest BCUT2D eigenvalue weighted by Gasteiger charge is 2.46. The molecule has 0 spiro atoms. The molecule has 2 fully saturated rings. The molecule has 0 aromatic heterocycles. The molecule has 4 aromatic carbocycles. The third kappa shape index (κ3) is 15.6. The molecule has 2 heterocycles. The second-order valence-electron chi connectivity index (χ2n) is 19.2. The van der Waals surface area contributed by atoms with Crippen molar-refractivity contribution in [3.63, 3.8) is 0 Å². The van der Waals surface area contributed by atoms with Crippen LogP contribution in [0.2, 0.25) is 0 Å². The van der Waals surface area contributed by atoms with Gasteiger partial charge in [0.15, 0.2) is 0 Å². The number of nitrogens with one attached hydrogen (secondary N) is 4. The summed E-state index contributed by atoms with van der Waals surface area (Å²) in [7, 11) is 3.17. The molecule has 1 unspecified atom stereocenters. The maximum absolute atomic E-state index is 14.5. The number of halogens is 6. The Kier molecular flexibility index (Phi) is 20.0. The fourth-order valence-electron chi connectivity index (χ4n) is 9.48. The fourth-order valence-corrected chi connectivity index (χ4v) is 9.48. The van der Waals surface area contributed by atoms with E-state index in [0.29, 0.717) is 42.4 Å². The van der Waals surface area contributed by atoms with Gasteiger partial charge in [-0.1, -0.05) is 109 Å². The molecule has 6 atom stereocenters. The molecule has 2 aliphatic heterocycles. The summed E-state index contributed by atoms with van der Waals surface area (Å²) in [6, 6.07) is 26.4. The number of nitrogens with zero attached hydrogens (tertiary/aromatic N) is 4. The van der Waals surface area contributed by atoms with Crippen molar-refractivity contribution in [2.75, 3.05) is 53.4 Å². The number of carbonyl (C=O) groups is 6. The summed E-state index contributed by atoms with van der Waals surface area (Å²) in [6.07, 6.45) is -8.20. The van der Waals surface area contributed by atoms with Gasteiger partial charge in [0.05, 0.1) is 12.1 Å². The van der Waals surface area contributed by atoms with Crippen LogP contribution in [-0.4, -0.2) is 151 Å². The molecule has 14 nitrogen and oxygen atoms in total. The number of hydrogen-bond acceptors (Lipinski definition) is 8. The molecule has 6 rings (SSSR count). The van der Waals surface area contributed by atoms with Crippen LogP contribution in [0.25, 0.3) is 11.1 Å². The van der Waals surface area contributed by atoms with Crippen molar-refractivity contribution in [3.05, 3.63) is 131 Å². The number of rotatable bonds is 22. The summed E-state index contributed by atoms with van der Waals surface area (Å²) in [6.45, 7) is 2.54. The van der Waals surface area contributed by atoms with Crippen LogP contribution in [0, 0.1) is 0 Å². The van der Waals surface area contributed by atoms with Crippen LogP contribution in [0.4, 0.5) is 26.3 Å². The predicted octanol–water partition coefficient (Wildman–Crippen LogP) is 6.00. The van der Waals surface area contributed by atoms with E-state index in [1.165, 1.54) is 9.80 Å². The van der Waals surface area contributed by atoms with E-state index in [0.717, 1.165) is 26.5 Å². The normalized spacial score (nSPS) is 17.4. The van der Waals surface area contributed by atoms with Crippen LogP contribution in [0.5, 0.6) is 0 Å². The van der Waals surface area contributed by atoms with Crippen LogP contribution >= 0.6 is 0 Å². The first-order valence-electron chi connectivity index (χ1n) is 25.2. The van der Waals surface area contributed by atoms with Crippen molar-refractivity contribution in [2.45, 2.75) is 107 Å². The largest absolute Gasteiger partial charge is 0.471 e. The van der Waals surface area contributed by atoms with Crippen molar-refractivity contribution in [2.24, 2.45) is 0 Å². The van der Waals surface area contributed by atoms with Crippen molar-refractivity contribution in [3.8, 4) is 11.1 Å². The van der Waals surface area contributed by atoms with Gasteiger partial charge in [0.2, 0.25) is 23.6 Å². The summed E-state index contributed by atoms with van der Waals surface area (Å²) < 4.78 is 83.3. The Labute approximate surface area is 433 Å². The van der Waals surface area contributed by atoms with Crippen LogP contribution in [-0.2, 0) is 48.0 Å². The Hall–Kier alpha value is -6.80. The Balaban J connectivity index is 1.19. The standard InChI is InChI=1S/C55H66F6N8O6/c1-36(62-3)48(70)64-46(50(72)68-29-11-17-44(68)34-66(52(74)54(56,57)58)31-27-38-13-7-5-8-14-38)33-40-19-21-41(22-20-40)42-23-25-43(26-24-42)47(65-49(71)37(2)63-4)51(73)69-30-12-18-45(69)35-67(53(75)55(59,60)61)32-28-39-15-9-6-10-16-39/h5-10,13-16,19-26,36-37,44-47,62-63H,11-12,17-18,27-35H2,1-4H3,(H,64,70)(H,65,71)/t36-,37-,44-,45-,46-,47?/m0/s1. The highest BCUT2D eigenvalue weighted by Crippen LogP contribution is 2.30. The first kappa shape index (κ1) is 57.5. The molecule has 2 saturated heterocycles. The number of carbonyl (C=O) groups excluding carboxylic acids is 6. The van der Waals surface area contributed by atoms with E-state index >= 15 is 0 Å². The molecule has 0 bridgehead atoms. The molecule has 0 saturated carbocycles. The van der Waals surface area contributed by atoms with Gasteiger partial charge in [-0.2, -0.15) is 26.3 Å². The van der Waals surface area contributed by atoms with Gasteiger partial charge in [-0.15, -0.1) is 0 Å². The monoisotopic (exact) mass is 1050 g/mol. The Morgan fingerprint density at radius 2 is 0.973 bits per heavy atom. The van der Waals surface area contributed by atoms with Gasteiger partial charge >= 0.3 is 24.2 Å². The summed E-state index contributed by atoms with van der Waals surface area (Å²) in [5.41, 5.74) is 4.00. The van der Waals surface area contributed by atoms with E-state index in [2.05, 4.69) is 21.3 Å². The van der Waals surface area contributed by atoms with Crippen molar-refractivity contribution in [1.29, 1.82) is 0 Å². The van der Waals surface area contributed by atoms with Gasteiger partial charge in [0, 0.05) is 57.8 Å². The average molecular weight is 1050 g/mol. The minimum absolute atomic E-state index is 0.0316. The maximum Gasteiger partial charge on any atom is 0.471 e. The summed E-state index contributed by atoms with van der Waals surface area (Å²) >= 11 is 0. The number of benzene rings is 4. The Morgan fingerprint density at radius 1 is 0.560 bits per heavy atom. The number of likely N-dealkylation sites (N-methyl/N-ethyl adjacent to an activating group) is 2. The Bertz CT molecular complexity index is 2550. The zero-order valence-corrected chi connectivity index (χ0v) is 42.6. The number of alkyl halides is 6. The molecule has 0 aliphatic carbocycles. The first-order chi connectivity index (χ1) is 35.7. The molecular weight excluding hydrogens is 983 g/mol. The fraction of sp³-hybridized carbons (Fsp3) is 0.455. The number of hydrogen-bond donors (Lipinski definition) is 4. The summed E-state index contributed by atoms with van der Waals surface area (Å²) in [5.74, 6) is -5.97. The van der Waals surface area contributed by atoms with Gasteiger partial charge in [-0.25, -0.2) is 0 Å². The smallest absolute Gasteiger partial charge is 0.343 e.